The fraction of sp³-hybridized carbons (Fsp3) is 0.667. The van der Waals surface area contributed by atoms with Crippen molar-refractivity contribution in [2.75, 3.05) is 13.7 Å². The smallest absolute Gasteiger partial charge is 0.0643 e. The highest BCUT2D eigenvalue weighted by atomic mass is 16.5. The van der Waals surface area contributed by atoms with Crippen molar-refractivity contribution in [3.63, 3.8) is 0 Å². The lowest BCUT2D eigenvalue weighted by Gasteiger charge is -2.37. The van der Waals surface area contributed by atoms with Gasteiger partial charge in [0.1, 0.15) is 0 Å². The van der Waals surface area contributed by atoms with Crippen LogP contribution in [0.25, 0.3) is 0 Å². The molecule has 0 amide bonds. The first-order valence-electron chi connectivity index (χ1n) is 10.5. The van der Waals surface area contributed by atoms with Crippen molar-refractivity contribution in [1.82, 2.24) is 0 Å². The maximum atomic E-state index is 5.12. The Labute approximate surface area is 154 Å². The Morgan fingerprint density at radius 2 is 1.48 bits per heavy atom. The molecule has 1 nitrogen and oxygen atoms in total. The summed E-state index contributed by atoms with van der Waals surface area (Å²) >= 11 is 0. The van der Waals surface area contributed by atoms with Gasteiger partial charge in [-0.3, -0.25) is 0 Å². The number of methoxy groups -OCH3 is 1. The summed E-state index contributed by atoms with van der Waals surface area (Å²) in [5.41, 5.74) is 3.05. The van der Waals surface area contributed by atoms with E-state index >= 15 is 0 Å². The minimum absolute atomic E-state index is 0.767. The minimum atomic E-state index is 0.767. The highest BCUT2D eigenvalue weighted by molar-refractivity contribution is 5.25. The second-order valence-electron chi connectivity index (χ2n) is 8.27. The lowest BCUT2D eigenvalue weighted by Crippen LogP contribution is -2.25. The molecule has 2 aliphatic carbocycles. The average molecular weight is 341 g/mol. The van der Waals surface area contributed by atoms with Crippen molar-refractivity contribution in [2.24, 2.45) is 17.8 Å². The quantitative estimate of drug-likeness (QED) is 0.535. The molecule has 1 aromatic rings. The van der Waals surface area contributed by atoms with Gasteiger partial charge in [-0.15, -0.1) is 0 Å². The van der Waals surface area contributed by atoms with Gasteiger partial charge in [-0.05, 0) is 92.6 Å². The highest BCUT2D eigenvalue weighted by Crippen LogP contribution is 2.44. The third kappa shape index (κ3) is 5.20. The lowest BCUT2D eigenvalue weighted by atomic mass is 9.68. The molecule has 0 N–H and O–H groups in total. The first-order chi connectivity index (χ1) is 12.3. The third-order valence-corrected chi connectivity index (χ3v) is 6.79. The average Bonchev–Trinajstić information content (AvgIpc) is 2.69. The predicted molar refractivity (Wildman–Crippen MR) is 107 cm³/mol. The van der Waals surface area contributed by atoms with Gasteiger partial charge in [-0.25, -0.2) is 0 Å². The molecule has 0 unspecified atom stereocenters. The molecule has 2 fully saturated rings. The van der Waals surface area contributed by atoms with Crippen LogP contribution in [0.3, 0.4) is 0 Å². The fourth-order valence-electron chi connectivity index (χ4n) is 5.10. The third-order valence-electron chi connectivity index (χ3n) is 6.79. The molecule has 0 heterocycles. The largest absolute Gasteiger partial charge is 0.381 e. The minimum Gasteiger partial charge on any atom is -0.381 e. The summed E-state index contributed by atoms with van der Waals surface area (Å²) in [5, 5.41) is 0. The van der Waals surface area contributed by atoms with Crippen LogP contribution in [0.15, 0.2) is 36.4 Å². The van der Waals surface area contributed by atoms with Gasteiger partial charge in [0.05, 0.1) is 6.61 Å². The molecule has 0 aromatic heterocycles. The summed E-state index contributed by atoms with van der Waals surface area (Å²) in [5.74, 6) is 3.61. The van der Waals surface area contributed by atoms with Gasteiger partial charge < -0.3 is 4.74 Å². The molecule has 138 valence electrons. The van der Waals surface area contributed by atoms with Gasteiger partial charge in [0.2, 0.25) is 0 Å². The van der Waals surface area contributed by atoms with E-state index in [1.54, 1.807) is 12.7 Å². The number of allylic oxidation sites excluding steroid dienone is 1. The number of hydrogen-bond donors (Lipinski definition) is 0. The molecule has 0 aliphatic heterocycles. The maximum absolute atomic E-state index is 5.12. The Bertz CT molecular complexity index is 514. The molecule has 0 spiro atoms. The molecule has 0 atom stereocenters. The molecular formula is C24H36O. The van der Waals surface area contributed by atoms with Crippen LogP contribution in [0, 0.1) is 17.8 Å². The second kappa shape index (κ2) is 9.57. The number of ether oxygens (including phenoxy) is 1. The van der Waals surface area contributed by atoms with Gasteiger partial charge in [0.25, 0.3) is 0 Å². The number of aryl methyl sites for hydroxylation is 1. The van der Waals surface area contributed by atoms with Crippen LogP contribution in [-0.4, -0.2) is 13.7 Å². The van der Waals surface area contributed by atoms with Crippen LogP contribution in [0.1, 0.15) is 75.3 Å². The van der Waals surface area contributed by atoms with Gasteiger partial charge in [0.15, 0.2) is 0 Å². The molecule has 0 bridgehead atoms. The Balaban J connectivity index is 1.43. The Morgan fingerprint density at radius 1 is 0.880 bits per heavy atom. The normalized spacial score (nSPS) is 30.6. The van der Waals surface area contributed by atoms with E-state index in [0.29, 0.717) is 0 Å². The Kier molecular flexibility index (Phi) is 7.16. The van der Waals surface area contributed by atoms with Crippen LogP contribution in [0.4, 0.5) is 0 Å². The van der Waals surface area contributed by atoms with Crippen LogP contribution in [-0.2, 0) is 11.2 Å². The SMILES string of the molecule is CCc1ccc(C2CCC(C3CCC(/C=C/COC)CC3)CC2)cc1. The van der Waals surface area contributed by atoms with Crippen molar-refractivity contribution < 1.29 is 4.74 Å². The molecule has 1 heteroatoms. The van der Waals surface area contributed by atoms with Crippen LogP contribution >= 0.6 is 0 Å². The summed E-state index contributed by atoms with van der Waals surface area (Å²) in [4.78, 5) is 0. The summed E-state index contributed by atoms with van der Waals surface area (Å²) < 4.78 is 5.12. The van der Waals surface area contributed by atoms with Crippen LogP contribution < -0.4 is 0 Å². The van der Waals surface area contributed by atoms with E-state index in [1.807, 2.05) is 0 Å². The Hall–Kier alpha value is -1.08. The van der Waals surface area contributed by atoms with Gasteiger partial charge in [-0.2, -0.15) is 0 Å². The van der Waals surface area contributed by atoms with Crippen molar-refractivity contribution in [3.8, 4) is 0 Å². The molecule has 1 aromatic carbocycles. The summed E-state index contributed by atoms with van der Waals surface area (Å²) in [6.45, 7) is 3.01. The van der Waals surface area contributed by atoms with Gasteiger partial charge in [-0.1, -0.05) is 43.3 Å². The van der Waals surface area contributed by atoms with Crippen LogP contribution in [0.2, 0.25) is 0 Å². The molecule has 3 rings (SSSR count). The fourth-order valence-corrected chi connectivity index (χ4v) is 5.10. The van der Waals surface area contributed by atoms with Crippen molar-refractivity contribution >= 4 is 0 Å². The Morgan fingerprint density at radius 3 is 2.04 bits per heavy atom. The number of hydrogen-bond acceptors (Lipinski definition) is 1. The van der Waals surface area contributed by atoms with E-state index in [1.165, 1.54) is 56.9 Å². The predicted octanol–water partition coefficient (Wildman–Crippen LogP) is 6.53. The maximum Gasteiger partial charge on any atom is 0.0643 e. The van der Waals surface area contributed by atoms with E-state index < -0.39 is 0 Å². The molecule has 0 radical (unpaired) electrons. The van der Waals surface area contributed by atoms with Crippen molar-refractivity contribution in [2.45, 2.75) is 70.6 Å². The zero-order valence-electron chi connectivity index (χ0n) is 16.3. The highest BCUT2D eigenvalue weighted by Gasteiger charge is 2.30. The van der Waals surface area contributed by atoms with E-state index in [0.717, 1.165) is 36.7 Å². The topological polar surface area (TPSA) is 9.23 Å². The monoisotopic (exact) mass is 340 g/mol. The molecular weight excluding hydrogens is 304 g/mol. The van der Waals surface area contributed by atoms with Gasteiger partial charge >= 0.3 is 0 Å². The van der Waals surface area contributed by atoms with Crippen molar-refractivity contribution in [3.05, 3.63) is 47.5 Å². The lowest BCUT2D eigenvalue weighted by molar-refractivity contribution is 0.171. The zero-order valence-corrected chi connectivity index (χ0v) is 16.3. The first-order valence-corrected chi connectivity index (χ1v) is 10.5. The van der Waals surface area contributed by atoms with Crippen molar-refractivity contribution in [1.29, 1.82) is 0 Å². The summed E-state index contributed by atoms with van der Waals surface area (Å²) in [7, 11) is 1.77. The second-order valence-corrected chi connectivity index (χ2v) is 8.27. The van der Waals surface area contributed by atoms with E-state index in [2.05, 4.69) is 43.3 Å². The van der Waals surface area contributed by atoms with E-state index in [4.69, 9.17) is 4.74 Å². The molecule has 2 saturated carbocycles. The summed E-state index contributed by atoms with van der Waals surface area (Å²) in [6, 6.07) is 9.45. The molecule has 25 heavy (non-hydrogen) atoms. The summed E-state index contributed by atoms with van der Waals surface area (Å²) in [6.07, 6.45) is 17.2. The molecule has 0 saturated heterocycles. The standard InChI is InChI=1S/C24H36O/c1-3-19-6-10-21(11-7-19)23-14-16-24(17-15-23)22-12-8-20(9-13-22)5-4-18-25-2/h4-7,10-11,20,22-24H,3,8-9,12-18H2,1-2H3/b5-4+. The number of benzene rings is 1. The van der Waals surface area contributed by atoms with Crippen LogP contribution in [0.5, 0.6) is 0 Å². The van der Waals surface area contributed by atoms with Gasteiger partial charge in [0, 0.05) is 7.11 Å². The zero-order chi connectivity index (χ0) is 17.5. The number of rotatable bonds is 6. The van der Waals surface area contributed by atoms with E-state index in [9.17, 15) is 0 Å². The van der Waals surface area contributed by atoms with E-state index in [-0.39, 0.29) is 0 Å². The first kappa shape index (κ1) is 18.7. The molecule has 2 aliphatic rings.